The second-order valence-corrected chi connectivity index (χ2v) is 5.44. The summed E-state index contributed by atoms with van der Waals surface area (Å²) in [7, 11) is 0. The Labute approximate surface area is 137 Å². The molecule has 0 aliphatic heterocycles. The molecule has 0 bridgehead atoms. The van der Waals surface area contributed by atoms with Crippen LogP contribution < -0.4 is 4.90 Å². The minimum Gasteiger partial charge on any atom is -0.467 e. The van der Waals surface area contributed by atoms with Crippen molar-refractivity contribution in [3.63, 3.8) is 0 Å². The van der Waals surface area contributed by atoms with E-state index in [1.807, 2.05) is 42.5 Å². The molecule has 114 valence electrons. The van der Waals surface area contributed by atoms with Crippen molar-refractivity contribution in [3.05, 3.63) is 89.9 Å². The molecule has 0 unspecified atom stereocenters. The minimum absolute atomic E-state index is 0.651. The van der Waals surface area contributed by atoms with Gasteiger partial charge in [-0.3, -0.25) is 0 Å². The first-order valence-corrected chi connectivity index (χ1v) is 7.69. The van der Waals surface area contributed by atoms with Crippen LogP contribution in [-0.2, 0) is 6.54 Å². The molecule has 3 rings (SSSR count). The lowest BCUT2D eigenvalue weighted by molar-refractivity contribution is 0.505. The summed E-state index contributed by atoms with van der Waals surface area (Å²) in [6, 6.07) is 22.5. The van der Waals surface area contributed by atoms with E-state index in [1.165, 1.54) is 5.56 Å². The standard InChI is InChI=1S/C21H19NO/c1-18-11-13-20(14-12-18)22(17-21-10-6-16-23-21)15-5-9-19-7-3-2-4-8-19/h2-4,6-8,10-14,16H,15,17H2,1H3. The second kappa shape index (κ2) is 7.38. The highest BCUT2D eigenvalue weighted by Crippen LogP contribution is 2.18. The smallest absolute Gasteiger partial charge is 0.123 e. The van der Waals surface area contributed by atoms with Gasteiger partial charge in [0, 0.05) is 11.3 Å². The summed E-state index contributed by atoms with van der Waals surface area (Å²) in [4.78, 5) is 2.22. The number of hydrogen-bond acceptors (Lipinski definition) is 2. The van der Waals surface area contributed by atoms with Gasteiger partial charge in [0.1, 0.15) is 5.76 Å². The number of furan rings is 1. The summed E-state index contributed by atoms with van der Waals surface area (Å²) in [5, 5.41) is 0. The Hall–Kier alpha value is -2.92. The van der Waals surface area contributed by atoms with Crippen LogP contribution in [0.1, 0.15) is 16.9 Å². The van der Waals surface area contributed by atoms with Crippen LogP contribution in [0.4, 0.5) is 5.69 Å². The van der Waals surface area contributed by atoms with Crippen molar-refractivity contribution in [3.8, 4) is 11.8 Å². The zero-order chi connectivity index (χ0) is 15.9. The van der Waals surface area contributed by atoms with E-state index in [4.69, 9.17) is 4.42 Å². The third kappa shape index (κ3) is 4.28. The predicted octanol–water partition coefficient (Wildman–Crippen LogP) is 4.65. The van der Waals surface area contributed by atoms with Gasteiger partial charge >= 0.3 is 0 Å². The molecule has 0 amide bonds. The lowest BCUT2D eigenvalue weighted by Gasteiger charge is -2.21. The van der Waals surface area contributed by atoms with E-state index in [0.29, 0.717) is 13.1 Å². The average molecular weight is 301 g/mol. The molecule has 1 heterocycles. The van der Waals surface area contributed by atoms with E-state index in [9.17, 15) is 0 Å². The van der Waals surface area contributed by atoms with Gasteiger partial charge in [-0.15, -0.1) is 0 Å². The molecule has 0 N–H and O–H groups in total. The lowest BCUT2D eigenvalue weighted by atomic mass is 10.2. The molecule has 0 saturated heterocycles. The maximum absolute atomic E-state index is 5.48. The molecular weight excluding hydrogens is 282 g/mol. The summed E-state index contributed by atoms with van der Waals surface area (Å²) in [5.41, 5.74) is 3.44. The van der Waals surface area contributed by atoms with Crippen molar-refractivity contribution in [1.29, 1.82) is 0 Å². The number of nitrogens with zero attached hydrogens (tertiary/aromatic N) is 1. The number of aryl methyl sites for hydroxylation is 1. The summed E-state index contributed by atoms with van der Waals surface area (Å²) in [6.07, 6.45) is 1.71. The van der Waals surface area contributed by atoms with Crippen LogP contribution in [0.3, 0.4) is 0 Å². The summed E-state index contributed by atoms with van der Waals surface area (Å²) >= 11 is 0. The van der Waals surface area contributed by atoms with Gasteiger partial charge in [0.05, 0.1) is 19.4 Å². The molecule has 0 aliphatic carbocycles. The van der Waals surface area contributed by atoms with Gasteiger partial charge in [-0.1, -0.05) is 47.7 Å². The molecule has 2 nitrogen and oxygen atoms in total. The SMILES string of the molecule is Cc1ccc(N(CC#Cc2ccccc2)Cc2ccco2)cc1. The fourth-order valence-corrected chi connectivity index (χ4v) is 2.34. The first-order valence-electron chi connectivity index (χ1n) is 7.69. The van der Waals surface area contributed by atoms with Crippen LogP contribution in [0.25, 0.3) is 0 Å². The maximum atomic E-state index is 5.48. The van der Waals surface area contributed by atoms with Gasteiger partial charge in [-0.2, -0.15) is 0 Å². The van der Waals surface area contributed by atoms with Crippen molar-refractivity contribution in [2.75, 3.05) is 11.4 Å². The Balaban J connectivity index is 1.77. The van der Waals surface area contributed by atoms with Crippen molar-refractivity contribution >= 4 is 5.69 Å². The number of benzene rings is 2. The van der Waals surface area contributed by atoms with Crippen LogP contribution in [0.5, 0.6) is 0 Å². The maximum Gasteiger partial charge on any atom is 0.123 e. The fourth-order valence-electron chi connectivity index (χ4n) is 2.34. The normalized spacial score (nSPS) is 9.96. The fraction of sp³-hybridized carbons (Fsp3) is 0.143. The van der Waals surface area contributed by atoms with E-state index in [1.54, 1.807) is 6.26 Å². The highest BCUT2D eigenvalue weighted by atomic mass is 16.3. The van der Waals surface area contributed by atoms with E-state index < -0.39 is 0 Å². The van der Waals surface area contributed by atoms with Gasteiger partial charge in [0.2, 0.25) is 0 Å². The van der Waals surface area contributed by atoms with E-state index in [-0.39, 0.29) is 0 Å². The Morgan fingerprint density at radius 3 is 2.39 bits per heavy atom. The van der Waals surface area contributed by atoms with E-state index in [0.717, 1.165) is 17.0 Å². The van der Waals surface area contributed by atoms with Gasteiger partial charge in [-0.25, -0.2) is 0 Å². The molecule has 0 spiro atoms. The molecule has 0 atom stereocenters. The van der Waals surface area contributed by atoms with Crippen molar-refractivity contribution in [1.82, 2.24) is 0 Å². The summed E-state index contributed by atoms with van der Waals surface area (Å²) in [6.45, 7) is 3.45. The molecule has 23 heavy (non-hydrogen) atoms. The Morgan fingerprint density at radius 2 is 1.70 bits per heavy atom. The Morgan fingerprint density at radius 1 is 0.913 bits per heavy atom. The van der Waals surface area contributed by atoms with Crippen LogP contribution in [0.15, 0.2) is 77.4 Å². The third-order valence-electron chi connectivity index (χ3n) is 3.60. The topological polar surface area (TPSA) is 16.4 Å². The van der Waals surface area contributed by atoms with Crippen molar-refractivity contribution < 1.29 is 4.42 Å². The van der Waals surface area contributed by atoms with E-state index in [2.05, 4.69) is 47.9 Å². The molecule has 3 aromatic rings. The van der Waals surface area contributed by atoms with Gasteiger partial charge < -0.3 is 9.32 Å². The predicted molar refractivity (Wildman–Crippen MR) is 94.3 cm³/mol. The molecule has 0 aliphatic rings. The Kier molecular flexibility index (Phi) is 4.81. The Bertz CT molecular complexity index is 777. The van der Waals surface area contributed by atoms with Crippen molar-refractivity contribution in [2.24, 2.45) is 0 Å². The van der Waals surface area contributed by atoms with Crippen LogP contribution in [-0.4, -0.2) is 6.54 Å². The van der Waals surface area contributed by atoms with Gasteiger partial charge in [-0.05, 0) is 43.3 Å². The number of anilines is 1. The van der Waals surface area contributed by atoms with Crippen LogP contribution in [0, 0.1) is 18.8 Å². The highest BCUT2D eigenvalue weighted by molar-refractivity contribution is 5.49. The molecular formula is C21H19NO. The first-order chi connectivity index (χ1) is 11.3. The average Bonchev–Trinajstić information content (AvgIpc) is 3.09. The van der Waals surface area contributed by atoms with Crippen LogP contribution >= 0.6 is 0 Å². The lowest BCUT2D eigenvalue weighted by Crippen LogP contribution is -2.22. The van der Waals surface area contributed by atoms with Crippen molar-refractivity contribution in [2.45, 2.75) is 13.5 Å². The van der Waals surface area contributed by atoms with Gasteiger partial charge in [0.15, 0.2) is 0 Å². The molecule has 0 saturated carbocycles. The second-order valence-electron chi connectivity index (χ2n) is 5.44. The largest absolute Gasteiger partial charge is 0.467 e. The number of hydrogen-bond donors (Lipinski definition) is 0. The van der Waals surface area contributed by atoms with Crippen LogP contribution in [0.2, 0.25) is 0 Å². The highest BCUT2D eigenvalue weighted by Gasteiger charge is 2.07. The molecule has 2 heteroatoms. The quantitative estimate of drug-likeness (QED) is 0.652. The monoisotopic (exact) mass is 301 g/mol. The summed E-state index contributed by atoms with van der Waals surface area (Å²) < 4.78 is 5.48. The first kappa shape index (κ1) is 15.0. The molecule has 0 fully saturated rings. The van der Waals surface area contributed by atoms with E-state index >= 15 is 0 Å². The summed E-state index contributed by atoms with van der Waals surface area (Å²) in [5.74, 6) is 7.41. The minimum atomic E-state index is 0.651. The zero-order valence-corrected chi connectivity index (χ0v) is 13.2. The molecule has 2 aromatic carbocycles. The number of rotatable bonds is 4. The van der Waals surface area contributed by atoms with Gasteiger partial charge in [0.25, 0.3) is 0 Å². The molecule has 0 radical (unpaired) electrons. The zero-order valence-electron chi connectivity index (χ0n) is 13.2. The molecule has 1 aromatic heterocycles. The third-order valence-corrected chi connectivity index (χ3v) is 3.60.